The summed E-state index contributed by atoms with van der Waals surface area (Å²) in [5.74, 6) is 0.593. The maximum absolute atomic E-state index is 8.68. The molecule has 0 heterocycles. The third kappa shape index (κ3) is 1.71. The summed E-state index contributed by atoms with van der Waals surface area (Å²) in [5.41, 5.74) is 1.40. The maximum atomic E-state index is 8.68. The van der Waals surface area contributed by atoms with Gasteiger partial charge in [0, 0.05) is 6.61 Å². The molecule has 10 heavy (non-hydrogen) atoms. The topological polar surface area (TPSA) is 20.2 Å². The van der Waals surface area contributed by atoms with Gasteiger partial charge in [-0.2, -0.15) is 0 Å². The Morgan fingerprint density at radius 3 is 3.10 bits per heavy atom. The highest BCUT2D eigenvalue weighted by molar-refractivity contribution is 5.18. The first-order valence-electron chi connectivity index (χ1n) is 3.78. The molecule has 56 valence electrons. The van der Waals surface area contributed by atoms with Crippen LogP contribution in [0.15, 0.2) is 23.8 Å². The van der Waals surface area contributed by atoms with Crippen molar-refractivity contribution < 1.29 is 5.11 Å². The summed E-state index contributed by atoms with van der Waals surface area (Å²) in [7, 11) is 0. The van der Waals surface area contributed by atoms with Crippen LogP contribution in [-0.4, -0.2) is 11.7 Å². The van der Waals surface area contributed by atoms with Crippen molar-refractivity contribution in [3.8, 4) is 0 Å². The molecule has 0 aliphatic heterocycles. The molecular formula is C9H14O. The van der Waals surface area contributed by atoms with Gasteiger partial charge in [0.1, 0.15) is 0 Å². The van der Waals surface area contributed by atoms with Crippen LogP contribution in [0, 0.1) is 5.92 Å². The zero-order valence-electron chi connectivity index (χ0n) is 6.38. The average Bonchev–Trinajstić information content (AvgIpc) is 1.94. The number of hydrogen-bond donors (Lipinski definition) is 1. The smallest absolute Gasteiger partial charge is 0.0436 e. The molecule has 0 bridgehead atoms. The first-order valence-corrected chi connectivity index (χ1v) is 3.78. The van der Waals surface area contributed by atoms with Crippen molar-refractivity contribution >= 4 is 0 Å². The summed E-state index contributed by atoms with van der Waals surface area (Å²) in [4.78, 5) is 0. The highest BCUT2D eigenvalue weighted by Gasteiger charge is 2.09. The van der Waals surface area contributed by atoms with E-state index in [1.54, 1.807) is 0 Å². The molecule has 0 amide bonds. The Bertz CT molecular complexity index is 156. The van der Waals surface area contributed by atoms with Crippen molar-refractivity contribution in [2.45, 2.75) is 19.8 Å². The Morgan fingerprint density at radius 2 is 2.50 bits per heavy atom. The summed E-state index contributed by atoms with van der Waals surface area (Å²) < 4.78 is 0. The minimum absolute atomic E-state index is 0.309. The number of aliphatic hydroxyl groups is 1. The molecule has 1 N–H and O–H groups in total. The molecule has 1 aliphatic carbocycles. The normalized spacial score (nSPS) is 24.6. The maximum Gasteiger partial charge on any atom is 0.0436 e. The number of hydrogen-bond acceptors (Lipinski definition) is 1. The van der Waals surface area contributed by atoms with Crippen molar-refractivity contribution in [3.63, 3.8) is 0 Å². The van der Waals surface area contributed by atoms with Crippen LogP contribution in [0.2, 0.25) is 0 Å². The van der Waals surface area contributed by atoms with Crippen LogP contribution in [0.4, 0.5) is 0 Å². The summed E-state index contributed by atoms with van der Waals surface area (Å²) in [6, 6.07) is 0. The van der Waals surface area contributed by atoms with Crippen molar-refractivity contribution in [1.29, 1.82) is 0 Å². The third-order valence-electron chi connectivity index (χ3n) is 2.04. The van der Waals surface area contributed by atoms with Crippen LogP contribution in [0.3, 0.4) is 0 Å². The van der Waals surface area contributed by atoms with Gasteiger partial charge in [-0.25, -0.2) is 0 Å². The van der Waals surface area contributed by atoms with E-state index in [2.05, 4.69) is 25.2 Å². The Morgan fingerprint density at radius 1 is 1.70 bits per heavy atom. The van der Waals surface area contributed by atoms with Gasteiger partial charge >= 0.3 is 0 Å². The molecule has 1 unspecified atom stereocenters. The van der Waals surface area contributed by atoms with Gasteiger partial charge in [-0.3, -0.25) is 0 Å². The lowest BCUT2D eigenvalue weighted by atomic mass is 9.90. The molecule has 0 spiro atoms. The molecule has 0 radical (unpaired) electrons. The van der Waals surface area contributed by atoms with Crippen LogP contribution in [0.25, 0.3) is 0 Å². The number of aliphatic hydroxyl groups excluding tert-OH is 1. The lowest BCUT2D eigenvalue weighted by Crippen LogP contribution is -2.05. The standard InChI is InChI=1S/C9H14O/c1-8-4-2-3-5-9(8)6-7-10/h2-4,9-10H,5-7H2,1H3. The molecule has 0 fully saturated rings. The highest BCUT2D eigenvalue weighted by atomic mass is 16.3. The minimum Gasteiger partial charge on any atom is -0.396 e. The summed E-state index contributed by atoms with van der Waals surface area (Å²) in [6.45, 7) is 2.44. The first kappa shape index (κ1) is 7.55. The largest absolute Gasteiger partial charge is 0.396 e. The zero-order valence-corrected chi connectivity index (χ0v) is 6.38. The second kappa shape index (κ2) is 3.57. The minimum atomic E-state index is 0.309. The molecule has 0 aromatic heterocycles. The van der Waals surface area contributed by atoms with E-state index in [0.717, 1.165) is 12.8 Å². The van der Waals surface area contributed by atoms with E-state index in [4.69, 9.17) is 5.11 Å². The Labute approximate surface area is 62.1 Å². The quantitative estimate of drug-likeness (QED) is 0.617. The summed E-state index contributed by atoms with van der Waals surface area (Å²) in [5, 5.41) is 8.68. The molecule has 1 nitrogen and oxygen atoms in total. The van der Waals surface area contributed by atoms with Gasteiger partial charge in [0.25, 0.3) is 0 Å². The molecule has 0 saturated carbocycles. The van der Waals surface area contributed by atoms with E-state index in [9.17, 15) is 0 Å². The highest BCUT2D eigenvalue weighted by Crippen LogP contribution is 2.22. The van der Waals surface area contributed by atoms with Crippen LogP contribution in [-0.2, 0) is 0 Å². The van der Waals surface area contributed by atoms with Crippen molar-refractivity contribution in [2.24, 2.45) is 5.92 Å². The molecule has 1 heteroatoms. The van der Waals surface area contributed by atoms with Gasteiger partial charge in [-0.05, 0) is 25.7 Å². The van der Waals surface area contributed by atoms with E-state index < -0.39 is 0 Å². The molecular weight excluding hydrogens is 124 g/mol. The molecule has 0 aromatic carbocycles. The van der Waals surface area contributed by atoms with Gasteiger partial charge in [0.05, 0.1) is 0 Å². The Balaban J connectivity index is 2.47. The van der Waals surface area contributed by atoms with Gasteiger partial charge < -0.3 is 5.11 Å². The molecule has 1 atom stereocenters. The average molecular weight is 138 g/mol. The van der Waals surface area contributed by atoms with Crippen molar-refractivity contribution in [2.75, 3.05) is 6.61 Å². The van der Waals surface area contributed by atoms with Crippen LogP contribution >= 0.6 is 0 Å². The van der Waals surface area contributed by atoms with Gasteiger partial charge in [-0.15, -0.1) is 0 Å². The van der Waals surface area contributed by atoms with Crippen LogP contribution in [0.5, 0.6) is 0 Å². The van der Waals surface area contributed by atoms with Crippen LogP contribution < -0.4 is 0 Å². The molecule has 1 rings (SSSR count). The lowest BCUT2D eigenvalue weighted by molar-refractivity contribution is 0.267. The number of allylic oxidation sites excluding steroid dienone is 4. The second-order valence-corrected chi connectivity index (χ2v) is 2.78. The van der Waals surface area contributed by atoms with Crippen molar-refractivity contribution in [3.05, 3.63) is 23.8 Å². The Kier molecular flexibility index (Phi) is 2.69. The molecule has 0 aromatic rings. The molecule has 0 saturated heterocycles. The van der Waals surface area contributed by atoms with E-state index in [1.807, 2.05) is 0 Å². The SMILES string of the molecule is CC1=CC=CCC1CCO. The zero-order chi connectivity index (χ0) is 7.40. The van der Waals surface area contributed by atoms with Crippen LogP contribution in [0.1, 0.15) is 19.8 Å². The first-order chi connectivity index (χ1) is 4.84. The predicted octanol–water partition coefficient (Wildman–Crippen LogP) is 1.89. The second-order valence-electron chi connectivity index (χ2n) is 2.78. The fourth-order valence-electron chi connectivity index (χ4n) is 1.29. The van der Waals surface area contributed by atoms with E-state index >= 15 is 0 Å². The summed E-state index contributed by atoms with van der Waals surface area (Å²) in [6.07, 6.45) is 8.38. The monoisotopic (exact) mass is 138 g/mol. The molecule has 1 aliphatic rings. The fourth-order valence-corrected chi connectivity index (χ4v) is 1.29. The van der Waals surface area contributed by atoms with Gasteiger partial charge in [0.15, 0.2) is 0 Å². The van der Waals surface area contributed by atoms with Gasteiger partial charge in [-0.1, -0.05) is 23.8 Å². The van der Waals surface area contributed by atoms with Crippen molar-refractivity contribution in [1.82, 2.24) is 0 Å². The van der Waals surface area contributed by atoms with E-state index in [-0.39, 0.29) is 0 Å². The Hall–Kier alpha value is -0.560. The third-order valence-corrected chi connectivity index (χ3v) is 2.04. The number of rotatable bonds is 2. The lowest BCUT2D eigenvalue weighted by Gasteiger charge is -2.16. The fraction of sp³-hybridized carbons (Fsp3) is 0.556. The predicted molar refractivity (Wildman–Crippen MR) is 42.7 cm³/mol. The summed E-state index contributed by atoms with van der Waals surface area (Å²) >= 11 is 0. The van der Waals surface area contributed by atoms with Gasteiger partial charge in [0.2, 0.25) is 0 Å². The van der Waals surface area contributed by atoms with E-state index in [1.165, 1.54) is 5.57 Å². The van der Waals surface area contributed by atoms with E-state index in [0.29, 0.717) is 12.5 Å².